The highest BCUT2D eigenvalue weighted by atomic mass is 19.1. The Bertz CT molecular complexity index is 575. The monoisotopic (exact) mass is 275 g/mol. The molecule has 1 aromatic heterocycles. The second-order valence-electron chi connectivity index (χ2n) is 5.16. The molecule has 0 radical (unpaired) electrons. The Morgan fingerprint density at radius 1 is 1.25 bits per heavy atom. The average Bonchev–Trinajstić information content (AvgIpc) is 2.75. The minimum absolute atomic E-state index is 0.187. The van der Waals surface area contributed by atoms with Crippen LogP contribution >= 0.6 is 0 Å². The van der Waals surface area contributed by atoms with Crippen LogP contribution < -0.4 is 5.32 Å². The molecule has 0 fully saturated rings. The third-order valence-electron chi connectivity index (χ3n) is 3.57. The van der Waals surface area contributed by atoms with E-state index < -0.39 is 0 Å². The molecule has 0 amide bonds. The lowest BCUT2D eigenvalue weighted by Gasteiger charge is -2.09. The van der Waals surface area contributed by atoms with Gasteiger partial charge in [-0.2, -0.15) is 5.10 Å². The van der Waals surface area contributed by atoms with Crippen LogP contribution in [0.5, 0.6) is 0 Å². The van der Waals surface area contributed by atoms with E-state index in [1.807, 2.05) is 23.9 Å². The highest BCUT2D eigenvalue weighted by molar-refractivity contribution is 5.27. The Morgan fingerprint density at radius 2 is 2.05 bits per heavy atom. The van der Waals surface area contributed by atoms with Gasteiger partial charge in [0.05, 0.1) is 12.7 Å². The molecule has 0 aliphatic carbocycles. The van der Waals surface area contributed by atoms with E-state index in [0.717, 1.165) is 36.3 Å². The van der Waals surface area contributed by atoms with Crippen LogP contribution in [-0.4, -0.2) is 16.3 Å². The van der Waals surface area contributed by atoms with Gasteiger partial charge in [0, 0.05) is 17.8 Å². The first-order valence-corrected chi connectivity index (χ1v) is 7.09. The molecule has 0 spiro atoms. The van der Waals surface area contributed by atoms with Crippen molar-refractivity contribution >= 4 is 0 Å². The summed E-state index contributed by atoms with van der Waals surface area (Å²) in [6, 6.07) is 4.91. The quantitative estimate of drug-likeness (QED) is 0.821. The van der Waals surface area contributed by atoms with Crippen molar-refractivity contribution in [1.29, 1.82) is 0 Å². The number of halogens is 1. The Balaban J connectivity index is 2.10. The van der Waals surface area contributed by atoms with E-state index >= 15 is 0 Å². The van der Waals surface area contributed by atoms with Crippen molar-refractivity contribution in [3.63, 3.8) is 0 Å². The fourth-order valence-electron chi connectivity index (χ4n) is 2.22. The van der Waals surface area contributed by atoms with Crippen LogP contribution in [0.2, 0.25) is 0 Å². The number of hydrogen-bond acceptors (Lipinski definition) is 2. The first-order chi connectivity index (χ1) is 9.61. The van der Waals surface area contributed by atoms with E-state index in [9.17, 15) is 4.39 Å². The zero-order valence-electron chi connectivity index (χ0n) is 12.4. The number of benzene rings is 1. The first kappa shape index (κ1) is 14.7. The molecule has 20 heavy (non-hydrogen) atoms. The van der Waals surface area contributed by atoms with E-state index in [4.69, 9.17) is 0 Å². The van der Waals surface area contributed by atoms with Crippen LogP contribution in [0.25, 0.3) is 0 Å². The lowest BCUT2D eigenvalue weighted by molar-refractivity contribution is 0.620. The molecular weight excluding hydrogens is 253 g/mol. The molecule has 1 N–H and O–H groups in total. The van der Waals surface area contributed by atoms with Crippen molar-refractivity contribution in [3.8, 4) is 0 Å². The largest absolute Gasteiger partial charge is 0.313 e. The van der Waals surface area contributed by atoms with Gasteiger partial charge >= 0.3 is 0 Å². The summed E-state index contributed by atoms with van der Waals surface area (Å²) in [4.78, 5) is 0. The summed E-state index contributed by atoms with van der Waals surface area (Å²) in [6.07, 6.45) is 3.04. The number of aromatic nitrogens is 2. The highest BCUT2D eigenvalue weighted by Crippen LogP contribution is 2.14. The summed E-state index contributed by atoms with van der Waals surface area (Å²) < 4.78 is 15.1. The zero-order valence-corrected chi connectivity index (χ0v) is 12.4. The second-order valence-corrected chi connectivity index (χ2v) is 5.16. The van der Waals surface area contributed by atoms with Crippen LogP contribution in [0.15, 0.2) is 24.4 Å². The zero-order chi connectivity index (χ0) is 14.5. The van der Waals surface area contributed by atoms with Gasteiger partial charge < -0.3 is 5.32 Å². The lowest BCUT2D eigenvalue weighted by atomic mass is 10.1. The molecule has 4 heteroatoms. The normalized spacial score (nSPS) is 11.0. The van der Waals surface area contributed by atoms with Crippen molar-refractivity contribution in [1.82, 2.24) is 15.1 Å². The summed E-state index contributed by atoms with van der Waals surface area (Å²) in [5.74, 6) is -0.187. The van der Waals surface area contributed by atoms with Crippen LogP contribution in [0.4, 0.5) is 4.39 Å². The van der Waals surface area contributed by atoms with E-state index in [1.54, 1.807) is 6.07 Å². The van der Waals surface area contributed by atoms with Gasteiger partial charge in [-0.15, -0.1) is 0 Å². The molecule has 0 unspecified atom stereocenters. The molecule has 1 aromatic carbocycles. The van der Waals surface area contributed by atoms with Crippen molar-refractivity contribution < 1.29 is 4.39 Å². The van der Waals surface area contributed by atoms with Crippen LogP contribution in [0.3, 0.4) is 0 Å². The van der Waals surface area contributed by atoms with Gasteiger partial charge in [-0.3, -0.25) is 4.68 Å². The Morgan fingerprint density at radius 3 is 2.75 bits per heavy atom. The lowest BCUT2D eigenvalue weighted by Crippen LogP contribution is -2.14. The molecule has 0 aliphatic heterocycles. The predicted molar refractivity (Wildman–Crippen MR) is 79.2 cm³/mol. The molecule has 0 atom stereocenters. The highest BCUT2D eigenvalue weighted by Gasteiger charge is 2.08. The minimum atomic E-state index is -0.187. The van der Waals surface area contributed by atoms with Gasteiger partial charge in [0.1, 0.15) is 5.82 Å². The molecule has 1 heterocycles. The maximum absolute atomic E-state index is 13.1. The molecule has 2 aromatic rings. The summed E-state index contributed by atoms with van der Waals surface area (Å²) in [5.41, 5.74) is 4.45. The van der Waals surface area contributed by atoms with E-state index in [2.05, 4.69) is 24.3 Å². The molecule has 108 valence electrons. The van der Waals surface area contributed by atoms with Gasteiger partial charge in [-0.25, -0.2) is 4.39 Å². The van der Waals surface area contributed by atoms with E-state index in [-0.39, 0.29) is 5.82 Å². The van der Waals surface area contributed by atoms with Crippen LogP contribution in [0, 0.1) is 19.7 Å². The van der Waals surface area contributed by atoms with Crippen molar-refractivity contribution in [2.24, 2.45) is 0 Å². The summed E-state index contributed by atoms with van der Waals surface area (Å²) in [7, 11) is 0. The fraction of sp³-hybridized carbons (Fsp3) is 0.438. The Kier molecular flexibility index (Phi) is 4.90. The number of nitrogens with zero attached hydrogens (tertiary/aromatic N) is 2. The Labute approximate surface area is 119 Å². The number of rotatable bonds is 6. The van der Waals surface area contributed by atoms with Crippen molar-refractivity contribution in [3.05, 3.63) is 52.6 Å². The van der Waals surface area contributed by atoms with Gasteiger partial charge in [0.15, 0.2) is 0 Å². The van der Waals surface area contributed by atoms with Gasteiger partial charge in [0.25, 0.3) is 0 Å². The fourth-order valence-corrected chi connectivity index (χ4v) is 2.22. The molecular formula is C16H22FN3. The third-order valence-corrected chi connectivity index (χ3v) is 3.57. The van der Waals surface area contributed by atoms with E-state index in [1.165, 1.54) is 11.6 Å². The average molecular weight is 275 g/mol. The molecule has 2 rings (SSSR count). The smallest absolute Gasteiger partial charge is 0.123 e. The van der Waals surface area contributed by atoms with Gasteiger partial charge in [-0.05, 0) is 50.1 Å². The van der Waals surface area contributed by atoms with Crippen LogP contribution in [0.1, 0.15) is 35.7 Å². The molecule has 0 bridgehead atoms. The summed E-state index contributed by atoms with van der Waals surface area (Å²) in [5, 5.41) is 7.82. The third kappa shape index (κ3) is 3.45. The standard InChI is InChI=1S/C16H22FN3/c1-4-7-18-9-15-10-19-20(13(15)3)11-14-5-6-16(17)8-12(14)2/h5-6,8,10,18H,4,7,9,11H2,1-3H3. The second kappa shape index (κ2) is 6.66. The van der Waals surface area contributed by atoms with Crippen molar-refractivity contribution in [2.45, 2.75) is 40.3 Å². The maximum atomic E-state index is 13.1. The topological polar surface area (TPSA) is 29.9 Å². The van der Waals surface area contributed by atoms with Gasteiger partial charge in [-0.1, -0.05) is 13.0 Å². The van der Waals surface area contributed by atoms with Gasteiger partial charge in [0.2, 0.25) is 0 Å². The Hall–Kier alpha value is -1.68. The maximum Gasteiger partial charge on any atom is 0.123 e. The summed E-state index contributed by atoms with van der Waals surface area (Å²) in [6.45, 7) is 8.71. The number of aryl methyl sites for hydroxylation is 1. The molecule has 0 saturated heterocycles. The SMILES string of the molecule is CCCNCc1cnn(Cc2ccc(F)cc2C)c1C. The minimum Gasteiger partial charge on any atom is -0.313 e. The predicted octanol–water partition coefficient (Wildman–Crippen LogP) is 3.19. The van der Waals surface area contributed by atoms with Crippen molar-refractivity contribution in [2.75, 3.05) is 6.54 Å². The molecule has 3 nitrogen and oxygen atoms in total. The number of nitrogens with one attached hydrogen (secondary N) is 1. The number of hydrogen-bond donors (Lipinski definition) is 1. The van der Waals surface area contributed by atoms with Crippen LogP contribution in [-0.2, 0) is 13.1 Å². The summed E-state index contributed by atoms with van der Waals surface area (Å²) >= 11 is 0. The molecule has 0 aliphatic rings. The molecule has 0 saturated carbocycles. The first-order valence-electron chi connectivity index (χ1n) is 7.09. The van der Waals surface area contributed by atoms with E-state index in [0.29, 0.717) is 6.54 Å².